The maximum absolute atomic E-state index is 12.0. The fourth-order valence-corrected chi connectivity index (χ4v) is 2.15. The van der Waals surface area contributed by atoms with Crippen LogP contribution in [0.5, 0.6) is 11.5 Å². The number of ether oxygens (including phenoxy) is 2. The molecule has 130 valence electrons. The van der Waals surface area contributed by atoms with Crippen molar-refractivity contribution >= 4 is 5.91 Å². The highest BCUT2D eigenvalue weighted by Crippen LogP contribution is 2.27. The van der Waals surface area contributed by atoms with Gasteiger partial charge in [-0.25, -0.2) is 0 Å². The summed E-state index contributed by atoms with van der Waals surface area (Å²) in [4.78, 5) is 12.0. The molecule has 0 radical (unpaired) electrons. The summed E-state index contributed by atoms with van der Waals surface area (Å²) in [7, 11) is 3.14. The molecular formula is C17H23N3O4. The second-order valence-electron chi connectivity index (χ2n) is 5.65. The fourth-order valence-electron chi connectivity index (χ4n) is 2.15. The lowest BCUT2D eigenvalue weighted by Gasteiger charge is -2.09. The standard InChI is InChI=1S/C17H23N3O4/c1-11(2)17-20-19-16(24-17)7-8-18-15(21)10-12-5-6-13(22-3)14(9-12)23-4/h5-6,9,11H,7-8,10H2,1-4H3,(H,18,21). The van der Waals surface area contributed by atoms with E-state index < -0.39 is 0 Å². The van der Waals surface area contributed by atoms with Gasteiger partial charge in [0, 0.05) is 18.9 Å². The maximum atomic E-state index is 12.0. The van der Waals surface area contributed by atoms with Gasteiger partial charge in [-0.3, -0.25) is 4.79 Å². The first-order chi connectivity index (χ1) is 11.5. The molecular weight excluding hydrogens is 310 g/mol. The van der Waals surface area contributed by atoms with Crippen LogP contribution in [0, 0.1) is 0 Å². The minimum absolute atomic E-state index is 0.0779. The third-order valence-corrected chi connectivity index (χ3v) is 3.45. The Bertz CT molecular complexity index is 682. The summed E-state index contributed by atoms with van der Waals surface area (Å²) in [6.07, 6.45) is 0.777. The van der Waals surface area contributed by atoms with Crippen LogP contribution < -0.4 is 14.8 Å². The van der Waals surface area contributed by atoms with E-state index in [0.717, 1.165) is 5.56 Å². The van der Waals surface area contributed by atoms with Crippen LogP contribution in [-0.2, 0) is 17.6 Å². The number of benzene rings is 1. The molecule has 1 amide bonds. The first kappa shape index (κ1) is 17.8. The van der Waals surface area contributed by atoms with Crippen LogP contribution >= 0.6 is 0 Å². The van der Waals surface area contributed by atoms with Gasteiger partial charge >= 0.3 is 0 Å². The smallest absolute Gasteiger partial charge is 0.224 e. The molecule has 1 aromatic heterocycles. The summed E-state index contributed by atoms with van der Waals surface area (Å²) >= 11 is 0. The van der Waals surface area contributed by atoms with E-state index in [4.69, 9.17) is 13.9 Å². The second-order valence-corrected chi connectivity index (χ2v) is 5.65. The van der Waals surface area contributed by atoms with Crippen LogP contribution in [0.2, 0.25) is 0 Å². The molecule has 1 heterocycles. The Hall–Kier alpha value is -2.57. The predicted octanol–water partition coefficient (Wildman–Crippen LogP) is 2.11. The molecule has 0 bridgehead atoms. The number of hydrogen-bond acceptors (Lipinski definition) is 6. The number of nitrogens with zero attached hydrogens (tertiary/aromatic N) is 2. The van der Waals surface area contributed by atoms with Crippen LogP contribution in [0.15, 0.2) is 22.6 Å². The predicted molar refractivity (Wildman–Crippen MR) is 88.4 cm³/mol. The second kappa shape index (κ2) is 8.33. The molecule has 0 fully saturated rings. The lowest BCUT2D eigenvalue weighted by atomic mass is 10.1. The molecule has 0 saturated heterocycles. The SMILES string of the molecule is COc1ccc(CC(=O)NCCc2nnc(C(C)C)o2)cc1OC. The van der Waals surface area contributed by atoms with Gasteiger partial charge in [-0.2, -0.15) is 0 Å². The number of hydrogen-bond donors (Lipinski definition) is 1. The third kappa shape index (κ3) is 4.71. The van der Waals surface area contributed by atoms with Crippen molar-refractivity contribution in [3.63, 3.8) is 0 Å². The average Bonchev–Trinajstić information content (AvgIpc) is 3.04. The monoisotopic (exact) mass is 333 g/mol. The van der Waals surface area contributed by atoms with Crippen molar-refractivity contribution in [3.8, 4) is 11.5 Å². The number of carbonyl (C=O) groups excluding carboxylic acids is 1. The van der Waals surface area contributed by atoms with Crippen molar-refractivity contribution in [2.75, 3.05) is 20.8 Å². The summed E-state index contributed by atoms with van der Waals surface area (Å²) in [6.45, 7) is 4.43. The number of rotatable bonds is 8. The molecule has 1 N–H and O–H groups in total. The Morgan fingerprint density at radius 3 is 2.58 bits per heavy atom. The van der Waals surface area contributed by atoms with Gasteiger partial charge in [0.2, 0.25) is 17.7 Å². The fraction of sp³-hybridized carbons (Fsp3) is 0.471. The highest BCUT2D eigenvalue weighted by atomic mass is 16.5. The molecule has 1 aromatic carbocycles. The molecule has 2 aromatic rings. The molecule has 0 aliphatic rings. The molecule has 0 saturated carbocycles. The van der Waals surface area contributed by atoms with E-state index in [1.165, 1.54) is 0 Å². The topological polar surface area (TPSA) is 86.5 Å². The van der Waals surface area contributed by atoms with Crippen molar-refractivity contribution in [1.82, 2.24) is 15.5 Å². The van der Waals surface area contributed by atoms with E-state index in [1.54, 1.807) is 26.4 Å². The van der Waals surface area contributed by atoms with Gasteiger partial charge in [0.15, 0.2) is 11.5 Å². The number of methoxy groups -OCH3 is 2. The van der Waals surface area contributed by atoms with E-state index in [2.05, 4.69) is 15.5 Å². The Labute approximate surface area is 141 Å². The molecule has 0 aliphatic heterocycles. The number of carbonyl (C=O) groups is 1. The Kier molecular flexibility index (Phi) is 6.17. The summed E-state index contributed by atoms with van der Waals surface area (Å²) in [6, 6.07) is 5.42. The zero-order chi connectivity index (χ0) is 17.5. The molecule has 0 atom stereocenters. The van der Waals surface area contributed by atoms with Gasteiger partial charge in [-0.05, 0) is 17.7 Å². The minimum Gasteiger partial charge on any atom is -0.493 e. The van der Waals surface area contributed by atoms with Crippen molar-refractivity contribution in [2.24, 2.45) is 0 Å². The highest BCUT2D eigenvalue weighted by molar-refractivity contribution is 5.78. The first-order valence-electron chi connectivity index (χ1n) is 7.83. The summed E-state index contributed by atoms with van der Waals surface area (Å²) < 4.78 is 15.9. The van der Waals surface area contributed by atoms with E-state index in [-0.39, 0.29) is 18.2 Å². The first-order valence-corrected chi connectivity index (χ1v) is 7.83. The zero-order valence-corrected chi connectivity index (χ0v) is 14.5. The maximum Gasteiger partial charge on any atom is 0.224 e. The molecule has 0 unspecified atom stereocenters. The largest absolute Gasteiger partial charge is 0.493 e. The highest BCUT2D eigenvalue weighted by Gasteiger charge is 2.11. The lowest BCUT2D eigenvalue weighted by Crippen LogP contribution is -2.27. The van der Waals surface area contributed by atoms with Crippen LogP contribution in [0.1, 0.15) is 37.1 Å². The third-order valence-electron chi connectivity index (χ3n) is 3.45. The van der Waals surface area contributed by atoms with E-state index in [1.807, 2.05) is 19.9 Å². The van der Waals surface area contributed by atoms with Crippen molar-refractivity contribution < 1.29 is 18.7 Å². The van der Waals surface area contributed by atoms with Crippen molar-refractivity contribution in [2.45, 2.75) is 32.6 Å². The van der Waals surface area contributed by atoms with Gasteiger partial charge in [0.25, 0.3) is 0 Å². The number of amides is 1. The van der Waals surface area contributed by atoms with E-state index in [0.29, 0.717) is 36.2 Å². The van der Waals surface area contributed by atoms with Gasteiger partial charge < -0.3 is 19.2 Å². The van der Waals surface area contributed by atoms with Crippen molar-refractivity contribution in [1.29, 1.82) is 0 Å². The molecule has 24 heavy (non-hydrogen) atoms. The van der Waals surface area contributed by atoms with Crippen LogP contribution in [-0.4, -0.2) is 36.9 Å². The summed E-state index contributed by atoms with van der Waals surface area (Å²) in [5, 5.41) is 10.8. The number of aromatic nitrogens is 2. The van der Waals surface area contributed by atoms with Gasteiger partial charge in [0.1, 0.15) is 0 Å². The normalized spacial score (nSPS) is 10.7. The van der Waals surface area contributed by atoms with Gasteiger partial charge in [-0.15, -0.1) is 10.2 Å². The van der Waals surface area contributed by atoms with Gasteiger partial charge in [0.05, 0.1) is 20.6 Å². The quantitative estimate of drug-likeness (QED) is 0.796. The Balaban J connectivity index is 1.82. The molecule has 0 aliphatic carbocycles. The lowest BCUT2D eigenvalue weighted by molar-refractivity contribution is -0.120. The molecule has 0 spiro atoms. The average molecular weight is 333 g/mol. The number of nitrogens with one attached hydrogen (secondary N) is 1. The van der Waals surface area contributed by atoms with Crippen molar-refractivity contribution in [3.05, 3.63) is 35.5 Å². The minimum atomic E-state index is -0.0779. The van der Waals surface area contributed by atoms with Crippen LogP contribution in [0.25, 0.3) is 0 Å². The van der Waals surface area contributed by atoms with Gasteiger partial charge in [-0.1, -0.05) is 19.9 Å². The Morgan fingerprint density at radius 2 is 1.96 bits per heavy atom. The molecule has 7 nitrogen and oxygen atoms in total. The summed E-state index contributed by atoms with van der Waals surface area (Å²) in [5.74, 6) is 2.51. The van der Waals surface area contributed by atoms with Crippen LogP contribution in [0.3, 0.4) is 0 Å². The molecule has 2 rings (SSSR count). The van der Waals surface area contributed by atoms with E-state index in [9.17, 15) is 4.79 Å². The Morgan fingerprint density at radius 1 is 1.21 bits per heavy atom. The summed E-state index contributed by atoms with van der Waals surface area (Å²) in [5.41, 5.74) is 0.852. The van der Waals surface area contributed by atoms with E-state index >= 15 is 0 Å². The zero-order valence-electron chi connectivity index (χ0n) is 14.5. The van der Waals surface area contributed by atoms with Crippen LogP contribution in [0.4, 0.5) is 0 Å². The molecule has 7 heteroatoms.